The monoisotopic (exact) mass is 295 g/mol. The van der Waals surface area contributed by atoms with Crippen molar-refractivity contribution in [3.63, 3.8) is 0 Å². The molecule has 116 valence electrons. The standard InChI is InChI=1S/C15H22FN3O2/c16-12-7-8-14(15(11-12)19(20)21)18-10-9-17-13-5-3-1-2-4-6-13/h7-8,11,13,17-18H,1-6,9-10H2. The predicted octanol–water partition coefficient (Wildman–Crippen LogP) is 3.46. The normalized spacial score (nSPS) is 16.4. The fourth-order valence-electron chi connectivity index (χ4n) is 2.76. The van der Waals surface area contributed by atoms with Crippen LogP contribution in [-0.4, -0.2) is 24.1 Å². The van der Waals surface area contributed by atoms with Gasteiger partial charge in [0, 0.05) is 19.1 Å². The molecule has 0 atom stereocenters. The van der Waals surface area contributed by atoms with Gasteiger partial charge in [0.15, 0.2) is 0 Å². The molecule has 0 heterocycles. The van der Waals surface area contributed by atoms with Gasteiger partial charge in [0.05, 0.1) is 11.0 Å². The Labute approximate surface area is 124 Å². The van der Waals surface area contributed by atoms with Crippen molar-refractivity contribution in [2.45, 2.75) is 44.6 Å². The summed E-state index contributed by atoms with van der Waals surface area (Å²) in [5.74, 6) is -0.594. The molecule has 0 saturated heterocycles. The number of hydrogen-bond donors (Lipinski definition) is 2. The molecule has 2 N–H and O–H groups in total. The molecule has 5 nitrogen and oxygen atoms in total. The van der Waals surface area contributed by atoms with Crippen LogP contribution < -0.4 is 10.6 Å². The van der Waals surface area contributed by atoms with E-state index in [-0.39, 0.29) is 5.69 Å². The van der Waals surface area contributed by atoms with Crippen molar-refractivity contribution >= 4 is 11.4 Å². The Hall–Kier alpha value is -1.69. The van der Waals surface area contributed by atoms with Gasteiger partial charge in [0.2, 0.25) is 0 Å². The van der Waals surface area contributed by atoms with Crippen molar-refractivity contribution in [2.24, 2.45) is 0 Å². The third kappa shape index (κ3) is 4.97. The zero-order valence-corrected chi connectivity index (χ0v) is 12.1. The van der Waals surface area contributed by atoms with Gasteiger partial charge in [-0.15, -0.1) is 0 Å². The molecule has 0 aliphatic heterocycles. The van der Waals surface area contributed by atoms with E-state index in [1.165, 1.54) is 50.7 Å². The summed E-state index contributed by atoms with van der Waals surface area (Å²) in [6.07, 6.45) is 7.59. The molecule has 2 rings (SSSR count). The summed E-state index contributed by atoms with van der Waals surface area (Å²) in [6.45, 7) is 1.34. The first kappa shape index (κ1) is 15.7. The molecule has 0 unspecified atom stereocenters. The van der Waals surface area contributed by atoms with Crippen LogP contribution in [0.1, 0.15) is 38.5 Å². The minimum Gasteiger partial charge on any atom is -0.378 e. The number of hydrogen-bond acceptors (Lipinski definition) is 4. The molecule has 1 aromatic carbocycles. The van der Waals surface area contributed by atoms with Crippen LogP contribution >= 0.6 is 0 Å². The van der Waals surface area contributed by atoms with E-state index in [1.807, 2.05) is 0 Å². The SMILES string of the molecule is O=[N+]([O-])c1cc(F)ccc1NCCNC1CCCCCC1. The van der Waals surface area contributed by atoms with E-state index in [2.05, 4.69) is 10.6 Å². The molecule has 1 aliphatic rings. The van der Waals surface area contributed by atoms with E-state index in [0.717, 1.165) is 12.6 Å². The summed E-state index contributed by atoms with van der Waals surface area (Å²) in [4.78, 5) is 10.3. The van der Waals surface area contributed by atoms with Crippen LogP contribution in [0, 0.1) is 15.9 Å². The first-order chi connectivity index (χ1) is 10.2. The summed E-state index contributed by atoms with van der Waals surface area (Å²) in [5, 5.41) is 17.4. The van der Waals surface area contributed by atoms with Gasteiger partial charge in [-0.1, -0.05) is 25.7 Å². The third-order valence-corrected chi connectivity index (χ3v) is 3.89. The van der Waals surface area contributed by atoms with Crippen molar-refractivity contribution in [3.05, 3.63) is 34.1 Å². The maximum atomic E-state index is 13.0. The first-order valence-electron chi connectivity index (χ1n) is 7.58. The Morgan fingerprint density at radius 2 is 1.90 bits per heavy atom. The maximum absolute atomic E-state index is 13.0. The van der Waals surface area contributed by atoms with E-state index in [0.29, 0.717) is 18.3 Å². The van der Waals surface area contributed by atoms with Crippen molar-refractivity contribution in [2.75, 3.05) is 18.4 Å². The lowest BCUT2D eigenvalue weighted by Gasteiger charge is -2.16. The quantitative estimate of drug-likeness (QED) is 0.365. The fraction of sp³-hybridized carbons (Fsp3) is 0.600. The van der Waals surface area contributed by atoms with Gasteiger partial charge < -0.3 is 10.6 Å². The highest BCUT2D eigenvalue weighted by Gasteiger charge is 2.15. The average Bonchev–Trinajstić information content (AvgIpc) is 2.73. The van der Waals surface area contributed by atoms with Gasteiger partial charge in [-0.25, -0.2) is 4.39 Å². The second-order valence-corrected chi connectivity index (χ2v) is 5.49. The number of halogens is 1. The largest absolute Gasteiger partial charge is 0.378 e. The number of benzene rings is 1. The minimum absolute atomic E-state index is 0.218. The molecule has 6 heteroatoms. The number of nitro benzene ring substituents is 1. The molecule has 0 spiro atoms. The highest BCUT2D eigenvalue weighted by molar-refractivity contribution is 5.61. The molecule has 0 radical (unpaired) electrons. The minimum atomic E-state index is -0.594. The van der Waals surface area contributed by atoms with Crippen LogP contribution in [0.15, 0.2) is 18.2 Å². The molecule has 0 bridgehead atoms. The Bertz CT molecular complexity index is 474. The lowest BCUT2D eigenvalue weighted by atomic mass is 10.1. The Morgan fingerprint density at radius 1 is 1.19 bits per heavy atom. The second-order valence-electron chi connectivity index (χ2n) is 5.49. The Balaban J connectivity index is 1.79. The van der Waals surface area contributed by atoms with Gasteiger partial charge in [0.25, 0.3) is 5.69 Å². The van der Waals surface area contributed by atoms with Crippen LogP contribution in [0.25, 0.3) is 0 Å². The first-order valence-corrected chi connectivity index (χ1v) is 7.58. The Kier molecular flexibility index (Phi) is 5.92. The molecule has 0 aromatic heterocycles. The number of rotatable bonds is 6. The van der Waals surface area contributed by atoms with Crippen LogP contribution in [-0.2, 0) is 0 Å². The van der Waals surface area contributed by atoms with Gasteiger partial charge in [-0.05, 0) is 25.0 Å². The third-order valence-electron chi connectivity index (χ3n) is 3.89. The van der Waals surface area contributed by atoms with Crippen LogP contribution in [0.2, 0.25) is 0 Å². The van der Waals surface area contributed by atoms with Gasteiger partial charge in [-0.3, -0.25) is 10.1 Å². The molecule has 1 fully saturated rings. The summed E-state index contributed by atoms with van der Waals surface area (Å²) >= 11 is 0. The van der Waals surface area contributed by atoms with Gasteiger partial charge in [-0.2, -0.15) is 0 Å². The van der Waals surface area contributed by atoms with Crippen molar-refractivity contribution < 1.29 is 9.31 Å². The van der Waals surface area contributed by atoms with Gasteiger partial charge in [0.1, 0.15) is 11.5 Å². The summed E-state index contributed by atoms with van der Waals surface area (Å²) in [7, 11) is 0. The average molecular weight is 295 g/mol. The smallest absolute Gasteiger partial charge is 0.295 e. The van der Waals surface area contributed by atoms with E-state index in [9.17, 15) is 14.5 Å². The van der Waals surface area contributed by atoms with E-state index < -0.39 is 10.7 Å². The molecular weight excluding hydrogens is 273 g/mol. The van der Waals surface area contributed by atoms with E-state index >= 15 is 0 Å². The number of nitrogens with zero attached hydrogens (tertiary/aromatic N) is 1. The van der Waals surface area contributed by atoms with Gasteiger partial charge >= 0.3 is 0 Å². The molecule has 1 saturated carbocycles. The fourth-order valence-corrected chi connectivity index (χ4v) is 2.76. The second kappa shape index (κ2) is 7.93. The zero-order chi connectivity index (χ0) is 15.1. The number of nitrogens with one attached hydrogen (secondary N) is 2. The van der Waals surface area contributed by atoms with Crippen LogP contribution in [0.3, 0.4) is 0 Å². The zero-order valence-electron chi connectivity index (χ0n) is 12.1. The summed E-state index contributed by atoms with van der Waals surface area (Å²) < 4.78 is 13.0. The topological polar surface area (TPSA) is 67.2 Å². The van der Waals surface area contributed by atoms with Crippen molar-refractivity contribution in [1.29, 1.82) is 0 Å². The number of nitro groups is 1. The Morgan fingerprint density at radius 3 is 2.57 bits per heavy atom. The molecule has 0 amide bonds. The molecule has 1 aliphatic carbocycles. The molecular formula is C15H22FN3O2. The highest BCUT2D eigenvalue weighted by Crippen LogP contribution is 2.24. The lowest BCUT2D eigenvalue weighted by molar-refractivity contribution is -0.384. The van der Waals surface area contributed by atoms with Crippen molar-refractivity contribution in [1.82, 2.24) is 5.32 Å². The predicted molar refractivity (Wildman–Crippen MR) is 81.0 cm³/mol. The summed E-state index contributed by atoms with van der Waals surface area (Å²) in [6, 6.07) is 4.14. The highest BCUT2D eigenvalue weighted by atomic mass is 19.1. The van der Waals surface area contributed by atoms with Crippen LogP contribution in [0.5, 0.6) is 0 Å². The maximum Gasteiger partial charge on any atom is 0.295 e. The lowest BCUT2D eigenvalue weighted by Crippen LogP contribution is -2.32. The molecule has 1 aromatic rings. The summed E-state index contributed by atoms with van der Waals surface area (Å²) in [5.41, 5.74) is 0.147. The van der Waals surface area contributed by atoms with Crippen LogP contribution in [0.4, 0.5) is 15.8 Å². The number of anilines is 1. The van der Waals surface area contributed by atoms with E-state index in [1.54, 1.807) is 0 Å². The molecule has 21 heavy (non-hydrogen) atoms. The van der Waals surface area contributed by atoms with Crippen molar-refractivity contribution in [3.8, 4) is 0 Å². The van der Waals surface area contributed by atoms with E-state index in [4.69, 9.17) is 0 Å².